The predicted molar refractivity (Wildman–Crippen MR) is 58.5 cm³/mol. The molecular weight excluding hydrogens is 194 g/mol. The molecule has 0 fully saturated rings. The Morgan fingerprint density at radius 3 is 2.33 bits per heavy atom. The standard InChI is InChI=1S/C11H21NO3/c1-4-10(13)12-9(3)7-5-6-8(2)11(14)15/h8-9H,4-7H2,1-3H3,(H,12,13)(H,14,15). The minimum atomic E-state index is -0.750. The summed E-state index contributed by atoms with van der Waals surface area (Å²) in [7, 11) is 0. The number of nitrogens with one attached hydrogen (secondary N) is 1. The fraction of sp³-hybridized carbons (Fsp3) is 0.818. The Morgan fingerprint density at radius 1 is 1.27 bits per heavy atom. The molecule has 15 heavy (non-hydrogen) atoms. The molecule has 1 amide bonds. The SMILES string of the molecule is CCC(=O)NC(C)CCCC(C)C(=O)O. The number of carbonyl (C=O) groups is 2. The summed E-state index contributed by atoms with van der Waals surface area (Å²) in [5, 5.41) is 11.5. The van der Waals surface area contributed by atoms with Gasteiger partial charge in [0.25, 0.3) is 0 Å². The normalized spacial score (nSPS) is 14.3. The van der Waals surface area contributed by atoms with E-state index >= 15 is 0 Å². The van der Waals surface area contributed by atoms with Crippen molar-refractivity contribution in [2.24, 2.45) is 5.92 Å². The van der Waals surface area contributed by atoms with E-state index in [9.17, 15) is 9.59 Å². The van der Waals surface area contributed by atoms with Crippen LogP contribution in [0.5, 0.6) is 0 Å². The summed E-state index contributed by atoms with van der Waals surface area (Å²) in [4.78, 5) is 21.6. The van der Waals surface area contributed by atoms with E-state index in [0.717, 1.165) is 12.8 Å². The molecule has 0 aliphatic rings. The van der Waals surface area contributed by atoms with Crippen LogP contribution in [0.25, 0.3) is 0 Å². The third-order valence-electron chi connectivity index (χ3n) is 2.42. The molecule has 0 saturated heterocycles. The smallest absolute Gasteiger partial charge is 0.306 e. The average Bonchev–Trinajstić information content (AvgIpc) is 2.17. The highest BCUT2D eigenvalue weighted by atomic mass is 16.4. The minimum Gasteiger partial charge on any atom is -0.481 e. The van der Waals surface area contributed by atoms with Gasteiger partial charge in [-0.05, 0) is 19.8 Å². The molecule has 2 unspecified atom stereocenters. The van der Waals surface area contributed by atoms with Gasteiger partial charge in [0, 0.05) is 12.5 Å². The van der Waals surface area contributed by atoms with E-state index in [4.69, 9.17) is 5.11 Å². The summed E-state index contributed by atoms with van der Waals surface area (Å²) < 4.78 is 0. The molecule has 0 saturated carbocycles. The van der Waals surface area contributed by atoms with E-state index in [1.54, 1.807) is 6.92 Å². The van der Waals surface area contributed by atoms with Gasteiger partial charge in [-0.25, -0.2) is 0 Å². The molecule has 0 aliphatic heterocycles. The lowest BCUT2D eigenvalue weighted by Crippen LogP contribution is -2.31. The van der Waals surface area contributed by atoms with Gasteiger partial charge in [0.05, 0.1) is 5.92 Å². The van der Waals surface area contributed by atoms with Crippen molar-refractivity contribution >= 4 is 11.9 Å². The van der Waals surface area contributed by atoms with Crippen LogP contribution >= 0.6 is 0 Å². The second-order valence-corrected chi connectivity index (χ2v) is 3.99. The fourth-order valence-electron chi connectivity index (χ4n) is 1.30. The summed E-state index contributed by atoms with van der Waals surface area (Å²) in [6.07, 6.45) is 2.83. The lowest BCUT2D eigenvalue weighted by molar-refractivity contribution is -0.141. The molecule has 0 rings (SSSR count). The highest BCUT2D eigenvalue weighted by molar-refractivity contribution is 5.75. The summed E-state index contributed by atoms with van der Waals surface area (Å²) in [5.41, 5.74) is 0. The van der Waals surface area contributed by atoms with Crippen molar-refractivity contribution in [1.29, 1.82) is 0 Å². The number of rotatable bonds is 7. The summed E-state index contributed by atoms with van der Waals surface area (Å²) in [5.74, 6) is -0.992. The number of carboxylic acid groups (broad SMARTS) is 1. The van der Waals surface area contributed by atoms with E-state index < -0.39 is 5.97 Å². The van der Waals surface area contributed by atoms with Gasteiger partial charge in [-0.3, -0.25) is 9.59 Å². The van der Waals surface area contributed by atoms with Crippen LogP contribution in [0.3, 0.4) is 0 Å². The monoisotopic (exact) mass is 215 g/mol. The zero-order valence-electron chi connectivity index (χ0n) is 9.75. The van der Waals surface area contributed by atoms with Gasteiger partial charge < -0.3 is 10.4 Å². The molecule has 0 spiro atoms. The molecule has 0 radical (unpaired) electrons. The first-order valence-corrected chi connectivity index (χ1v) is 5.49. The van der Waals surface area contributed by atoms with Gasteiger partial charge in [0.15, 0.2) is 0 Å². The Balaban J connectivity index is 3.59. The molecule has 0 aromatic carbocycles. The van der Waals surface area contributed by atoms with Crippen LogP contribution in [0.2, 0.25) is 0 Å². The van der Waals surface area contributed by atoms with Gasteiger partial charge in [0.1, 0.15) is 0 Å². The lowest BCUT2D eigenvalue weighted by Gasteiger charge is -2.13. The lowest BCUT2D eigenvalue weighted by atomic mass is 10.0. The zero-order chi connectivity index (χ0) is 11.8. The molecule has 2 atom stereocenters. The van der Waals surface area contributed by atoms with Crippen LogP contribution in [-0.2, 0) is 9.59 Å². The maximum atomic E-state index is 11.0. The Hall–Kier alpha value is -1.06. The highest BCUT2D eigenvalue weighted by Gasteiger charge is 2.11. The maximum Gasteiger partial charge on any atom is 0.306 e. The number of carbonyl (C=O) groups excluding carboxylic acids is 1. The fourth-order valence-corrected chi connectivity index (χ4v) is 1.30. The Kier molecular flexibility index (Phi) is 6.75. The van der Waals surface area contributed by atoms with Crippen molar-refractivity contribution in [2.75, 3.05) is 0 Å². The molecule has 2 N–H and O–H groups in total. The van der Waals surface area contributed by atoms with Crippen LogP contribution in [0.1, 0.15) is 46.5 Å². The van der Waals surface area contributed by atoms with Crippen LogP contribution in [-0.4, -0.2) is 23.0 Å². The molecule has 0 heterocycles. The van der Waals surface area contributed by atoms with Crippen molar-refractivity contribution in [3.05, 3.63) is 0 Å². The number of hydrogen-bond acceptors (Lipinski definition) is 2. The van der Waals surface area contributed by atoms with E-state index in [0.29, 0.717) is 12.8 Å². The van der Waals surface area contributed by atoms with Crippen molar-refractivity contribution in [2.45, 2.75) is 52.5 Å². The van der Waals surface area contributed by atoms with E-state index in [1.807, 2.05) is 13.8 Å². The number of amides is 1. The van der Waals surface area contributed by atoms with E-state index in [1.165, 1.54) is 0 Å². The van der Waals surface area contributed by atoms with Crippen molar-refractivity contribution < 1.29 is 14.7 Å². The van der Waals surface area contributed by atoms with Gasteiger partial charge in [-0.1, -0.05) is 20.3 Å². The molecule has 4 nitrogen and oxygen atoms in total. The van der Waals surface area contributed by atoms with Crippen LogP contribution in [0, 0.1) is 5.92 Å². The zero-order valence-corrected chi connectivity index (χ0v) is 9.75. The van der Waals surface area contributed by atoms with Gasteiger partial charge in [0.2, 0.25) is 5.91 Å². The van der Waals surface area contributed by atoms with Gasteiger partial charge >= 0.3 is 5.97 Å². The number of aliphatic carboxylic acids is 1. The van der Waals surface area contributed by atoms with E-state index in [2.05, 4.69) is 5.32 Å². The molecule has 0 bridgehead atoms. The summed E-state index contributed by atoms with van der Waals surface area (Å²) in [6.45, 7) is 5.46. The van der Waals surface area contributed by atoms with Crippen molar-refractivity contribution in [1.82, 2.24) is 5.32 Å². The largest absolute Gasteiger partial charge is 0.481 e. The summed E-state index contributed by atoms with van der Waals surface area (Å²) >= 11 is 0. The topological polar surface area (TPSA) is 66.4 Å². The Bertz CT molecular complexity index is 216. The predicted octanol–water partition coefficient (Wildman–Crippen LogP) is 1.79. The second-order valence-electron chi connectivity index (χ2n) is 3.99. The first-order valence-electron chi connectivity index (χ1n) is 5.49. The minimum absolute atomic E-state index is 0.0498. The van der Waals surface area contributed by atoms with E-state index in [-0.39, 0.29) is 17.9 Å². The third kappa shape index (κ3) is 6.94. The molecular formula is C11H21NO3. The van der Waals surface area contributed by atoms with Gasteiger partial charge in [-0.2, -0.15) is 0 Å². The molecule has 88 valence electrons. The number of hydrogen-bond donors (Lipinski definition) is 2. The van der Waals surface area contributed by atoms with Crippen LogP contribution in [0.4, 0.5) is 0 Å². The second kappa shape index (κ2) is 7.26. The first-order chi connectivity index (χ1) is 6.97. The maximum absolute atomic E-state index is 11.0. The quantitative estimate of drug-likeness (QED) is 0.680. The number of carboxylic acids is 1. The van der Waals surface area contributed by atoms with Crippen LogP contribution in [0.15, 0.2) is 0 Å². The molecule has 0 aliphatic carbocycles. The molecule has 4 heteroatoms. The van der Waals surface area contributed by atoms with Crippen molar-refractivity contribution in [3.8, 4) is 0 Å². The summed E-state index contributed by atoms with van der Waals surface area (Å²) in [6, 6.07) is 0.137. The molecule has 0 aromatic rings. The Labute approximate surface area is 91.1 Å². The molecule has 0 aromatic heterocycles. The highest BCUT2D eigenvalue weighted by Crippen LogP contribution is 2.09. The van der Waals surface area contributed by atoms with Crippen molar-refractivity contribution in [3.63, 3.8) is 0 Å². The Morgan fingerprint density at radius 2 is 1.87 bits per heavy atom. The van der Waals surface area contributed by atoms with Crippen LogP contribution < -0.4 is 5.32 Å². The first kappa shape index (κ1) is 13.9. The average molecular weight is 215 g/mol. The third-order valence-corrected chi connectivity index (χ3v) is 2.42. The van der Waals surface area contributed by atoms with Gasteiger partial charge in [-0.15, -0.1) is 0 Å².